The van der Waals surface area contributed by atoms with Crippen molar-refractivity contribution in [2.45, 2.75) is 19.3 Å². The molecular formula is C19H23N3O2. The zero-order chi connectivity index (χ0) is 16.8. The van der Waals surface area contributed by atoms with Crippen molar-refractivity contribution in [3.05, 3.63) is 48.2 Å². The molecule has 1 aliphatic rings. The van der Waals surface area contributed by atoms with Crippen molar-refractivity contribution in [1.82, 2.24) is 9.88 Å². The Morgan fingerprint density at radius 1 is 0.958 bits per heavy atom. The van der Waals surface area contributed by atoms with E-state index >= 15 is 0 Å². The lowest BCUT2D eigenvalue weighted by molar-refractivity contribution is 0.291. The van der Waals surface area contributed by atoms with Gasteiger partial charge in [-0.1, -0.05) is 12.1 Å². The molecule has 0 radical (unpaired) electrons. The summed E-state index contributed by atoms with van der Waals surface area (Å²) in [5.41, 5.74) is 0.886. The molecule has 24 heavy (non-hydrogen) atoms. The van der Waals surface area contributed by atoms with E-state index in [1.165, 1.54) is 0 Å². The van der Waals surface area contributed by atoms with E-state index in [2.05, 4.69) is 4.98 Å². The van der Waals surface area contributed by atoms with E-state index < -0.39 is 0 Å². The smallest absolute Gasteiger partial charge is 0.230 e. The van der Waals surface area contributed by atoms with Crippen LogP contribution in [0.3, 0.4) is 0 Å². The summed E-state index contributed by atoms with van der Waals surface area (Å²) in [6, 6.07) is 11.6. The Bertz CT molecular complexity index is 713. The van der Waals surface area contributed by atoms with Crippen LogP contribution in [0.2, 0.25) is 0 Å². The van der Waals surface area contributed by atoms with E-state index in [0.717, 1.165) is 43.0 Å². The molecule has 2 aromatic rings. The molecule has 1 aromatic heterocycles. The fraction of sp³-hybridized carbons (Fsp3) is 0.368. The highest BCUT2D eigenvalue weighted by atomic mass is 16.5. The van der Waals surface area contributed by atoms with Crippen molar-refractivity contribution in [1.29, 1.82) is 0 Å². The van der Waals surface area contributed by atoms with Crippen molar-refractivity contribution < 1.29 is 9.47 Å². The van der Waals surface area contributed by atoms with Crippen LogP contribution in [-0.2, 0) is 0 Å². The number of aliphatic imine (C=N–C) groups is 1. The maximum Gasteiger partial charge on any atom is 0.230 e. The van der Waals surface area contributed by atoms with Gasteiger partial charge in [0.2, 0.25) is 5.88 Å². The van der Waals surface area contributed by atoms with Gasteiger partial charge in [0.15, 0.2) is 11.5 Å². The van der Waals surface area contributed by atoms with Crippen molar-refractivity contribution in [2.24, 2.45) is 4.99 Å². The number of amidine groups is 1. The van der Waals surface area contributed by atoms with Gasteiger partial charge in [-0.3, -0.25) is 4.99 Å². The van der Waals surface area contributed by atoms with Crippen LogP contribution in [0.15, 0.2) is 47.6 Å². The zero-order valence-corrected chi connectivity index (χ0v) is 14.2. The van der Waals surface area contributed by atoms with Crippen LogP contribution >= 0.6 is 0 Å². The van der Waals surface area contributed by atoms with Gasteiger partial charge in [-0.25, -0.2) is 4.98 Å². The Morgan fingerprint density at radius 2 is 1.79 bits per heavy atom. The number of pyridine rings is 1. The number of para-hydroxylation sites is 2. The monoisotopic (exact) mass is 325 g/mol. The summed E-state index contributed by atoms with van der Waals surface area (Å²) in [7, 11) is 3.98. The molecule has 0 unspecified atom stereocenters. The Kier molecular flexibility index (Phi) is 5.31. The first-order valence-corrected chi connectivity index (χ1v) is 8.32. The lowest BCUT2D eigenvalue weighted by Gasteiger charge is -2.18. The topological polar surface area (TPSA) is 47.0 Å². The third-order valence-electron chi connectivity index (χ3n) is 3.81. The van der Waals surface area contributed by atoms with Gasteiger partial charge in [0.05, 0.1) is 12.2 Å². The van der Waals surface area contributed by atoms with Crippen LogP contribution in [0.4, 0.5) is 0 Å². The minimum absolute atomic E-state index is 0.542. The summed E-state index contributed by atoms with van der Waals surface area (Å²) in [5.74, 6) is 2.85. The molecule has 0 atom stereocenters. The maximum atomic E-state index is 6.09. The number of aromatic nitrogens is 1. The third-order valence-corrected chi connectivity index (χ3v) is 3.81. The Hall–Kier alpha value is -2.56. The first-order chi connectivity index (χ1) is 11.8. The second-order valence-corrected chi connectivity index (χ2v) is 5.91. The summed E-state index contributed by atoms with van der Waals surface area (Å²) >= 11 is 0. The van der Waals surface area contributed by atoms with Crippen molar-refractivity contribution in [2.75, 3.05) is 27.2 Å². The number of benzene rings is 1. The van der Waals surface area contributed by atoms with Gasteiger partial charge in [0, 0.05) is 26.8 Å². The molecule has 0 aliphatic carbocycles. The Morgan fingerprint density at radius 3 is 2.62 bits per heavy atom. The van der Waals surface area contributed by atoms with E-state index in [-0.39, 0.29) is 0 Å². The largest absolute Gasteiger partial charge is 0.490 e. The molecule has 5 nitrogen and oxygen atoms in total. The summed E-state index contributed by atoms with van der Waals surface area (Å²) in [4.78, 5) is 11.2. The highest BCUT2D eigenvalue weighted by Crippen LogP contribution is 2.32. The molecule has 0 spiro atoms. The lowest BCUT2D eigenvalue weighted by atomic mass is 10.2. The molecule has 0 amide bonds. The van der Waals surface area contributed by atoms with E-state index in [0.29, 0.717) is 18.2 Å². The second kappa shape index (κ2) is 7.81. The van der Waals surface area contributed by atoms with Crippen LogP contribution in [0.5, 0.6) is 17.4 Å². The summed E-state index contributed by atoms with van der Waals surface area (Å²) in [6.07, 6.45) is 4.87. The van der Waals surface area contributed by atoms with Gasteiger partial charge in [0.1, 0.15) is 5.84 Å². The SMILES string of the molecule is CN(C)C1=NCCCCCOc2ccccc2Oc2ncccc21. The van der Waals surface area contributed by atoms with E-state index in [1.807, 2.05) is 55.4 Å². The van der Waals surface area contributed by atoms with Crippen LogP contribution in [0.1, 0.15) is 24.8 Å². The first-order valence-electron chi connectivity index (χ1n) is 8.32. The fourth-order valence-corrected chi connectivity index (χ4v) is 2.63. The highest BCUT2D eigenvalue weighted by Gasteiger charge is 2.16. The van der Waals surface area contributed by atoms with Crippen LogP contribution < -0.4 is 9.47 Å². The van der Waals surface area contributed by atoms with Crippen molar-refractivity contribution in [3.8, 4) is 17.4 Å². The standard InChI is InChI=1S/C19H23N3O2/c1-22(2)18-15-9-8-13-21-19(15)24-17-11-5-4-10-16(17)23-14-7-3-6-12-20-18/h4-5,8-11,13H,3,6-7,12,14H2,1-2H3. The second-order valence-electron chi connectivity index (χ2n) is 5.91. The fourth-order valence-electron chi connectivity index (χ4n) is 2.63. The molecule has 5 heteroatoms. The molecule has 1 aromatic carbocycles. The molecule has 0 fully saturated rings. The van der Waals surface area contributed by atoms with Crippen molar-refractivity contribution >= 4 is 5.84 Å². The summed E-state index contributed by atoms with van der Waals surface area (Å²) < 4.78 is 12.0. The van der Waals surface area contributed by atoms with Crippen LogP contribution in [-0.4, -0.2) is 43.0 Å². The molecule has 0 N–H and O–H groups in total. The molecule has 1 aliphatic heterocycles. The number of rotatable bonds is 0. The summed E-state index contributed by atoms with van der Waals surface area (Å²) in [6.45, 7) is 1.47. The quantitative estimate of drug-likeness (QED) is 0.740. The van der Waals surface area contributed by atoms with Crippen molar-refractivity contribution in [3.63, 3.8) is 0 Å². The molecule has 0 saturated heterocycles. The number of ether oxygens (including phenoxy) is 2. The zero-order valence-electron chi connectivity index (χ0n) is 14.2. The highest BCUT2D eigenvalue weighted by molar-refractivity contribution is 6.00. The average Bonchev–Trinajstić information content (AvgIpc) is 2.60. The Balaban J connectivity index is 2.04. The predicted octanol–water partition coefficient (Wildman–Crippen LogP) is 3.74. The van der Waals surface area contributed by atoms with E-state index in [4.69, 9.17) is 14.5 Å². The number of hydrogen-bond donors (Lipinski definition) is 0. The van der Waals surface area contributed by atoms with Gasteiger partial charge in [-0.05, 0) is 43.5 Å². The summed E-state index contributed by atoms with van der Waals surface area (Å²) in [5, 5.41) is 0. The normalized spacial score (nSPS) is 15.2. The predicted molar refractivity (Wildman–Crippen MR) is 95.2 cm³/mol. The minimum Gasteiger partial charge on any atom is -0.490 e. The molecule has 0 saturated carbocycles. The number of fused-ring (bicyclic) bond motifs is 2. The third kappa shape index (κ3) is 3.85. The van der Waals surface area contributed by atoms with Gasteiger partial charge in [-0.2, -0.15) is 0 Å². The van der Waals surface area contributed by atoms with E-state index in [1.54, 1.807) is 6.20 Å². The maximum absolute atomic E-state index is 6.09. The molecule has 0 bridgehead atoms. The van der Waals surface area contributed by atoms with Gasteiger partial charge in [-0.15, -0.1) is 0 Å². The van der Waals surface area contributed by atoms with Gasteiger partial charge >= 0.3 is 0 Å². The average molecular weight is 325 g/mol. The number of hydrogen-bond acceptors (Lipinski definition) is 5. The first kappa shape index (κ1) is 16.3. The lowest BCUT2D eigenvalue weighted by Crippen LogP contribution is -2.24. The number of nitrogens with zero attached hydrogens (tertiary/aromatic N) is 3. The molecule has 126 valence electrons. The van der Waals surface area contributed by atoms with Crippen LogP contribution in [0.25, 0.3) is 0 Å². The molecular weight excluding hydrogens is 302 g/mol. The molecule has 2 heterocycles. The minimum atomic E-state index is 0.542. The van der Waals surface area contributed by atoms with Gasteiger partial charge < -0.3 is 14.4 Å². The Labute approximate surface area is 143 Å². The van der Waals surface area contributed by atoms with Gasteiger partial charge in [0.25, 0.3) is 0 Å². The van der Waals surface area contributed by atoms with Crippen LogP contribution in [0, 0.1) is 0 Å². The van der Waals surface area contributed by atoms with E-state index in [9.17, 15) is 0 Å². The molecule has 3 rings (SSSR count).